The molecule has 3 rings (SSSR count). The molecule has 31 heavy (non-hydrogen) atoms. The van der Waals surface area contributed by atoms with Crippen LogP contribution in [0.4, 0.5) is 11.4 Å². The second-order valence-electron chi connectivity index (χ2n) is 7.09. The van der Waals surface area contributed by atoms with Crippen molar-refractivity contribution in [3.8, 4) is 5.75 Å². The van der Waals surface area contributed by atoms with Crippen molar-refractivity contribution in [2.24, 2.45) is 7.05 Å². The minimum Gasteiger partial charge on any atom is -0.496 e. The number of rotatable bonds is 7. The third-order valence-electron chi connectivity index (χ3n) is 5.18. The fourth-order valence-electron chi connectivity index (χ4n) is 3.29. The molecule has 0 atom stereocenters. The topological polar surface area (TPSA) is 140 Å². The van der Waals surface area contributed by atoms with E-state index in [2.05, 4.69) is 10.4 Å². The van der Waals surface area contributed by atoms with E-state index in [1.807, 2.05) is 0 Å². The SMILES string of the molecule is COc1ccc(NC(=O)CN2CCN(S(=O)(=O)c3cnn(C)c3C)CC2)c([N+](=O)[O-])c1. The summed E-state index contributed by atoms with van der Waals surface area (Å²) in [4.78, 5) is 25.0. The van der Waals surface area contributed by atoms with Crippen molar-refractivity contribution in [3.63, 3.8) is 0 Å². The number of amides is 1. The number of ether oxygens (including phenoxy) is 1. The third-order valence-corrected chi connectivity index (χ3v) is 7.18. The lowest BCUT2D eigenvalue weighted by Gasteiger charge is -2.33. The molecule has 2 aromatic rings. The number of hydrogen-bond donors (Lipinski definition) is 1. The average molecular weight is 452 g/mol. The molecule has 2 heterocycles. The molecule has 0 bridgehead atoms. The zero-order chi connectivity index (χ0) is 22.8. The van der Waals surface area contributed by atoms with Gasteiger partial charge in [0.05, 0.1) is 36.5 Å². The molecule has 168 valence electrons. The number of sulfonamides is 1. The first kappa shape index (κ1) is 22.7. The number of nitrogens with zero attached hydrogens (tertiary/aromatic N) is 5. The number of nitro benzene ring substituents is 1. The fraction of sp³-hybridized carbons (Fsp3) is 0.444. The first-order valence-corrected chi connectivity index (χ1v) is 10.9. The fourth-order valence-corrected chi connectivity index (χ4v) is 4.89. The van der Waals surface area contributed by atoms with E-state index in [4.69, 9.17) is 4.74 Å². The summed E-state index contributed by atoms with van der Waals surface area (Å²) in [6.45, 7) is 2.86. The second-order valence-corrected chi connectivity index (χ2v) is 8.99. The van der Waals surface area contributed by atoms with Crippen molar-refractivity contribution >= 4 is 27.3 Å². The molecule has 1 aliphatic heterocycles. The molecule has 1 aromatic heterocycles. The third kappa shape index (κ3) is 4.84. The Hall–Kier alpha value is -3.03. The van der Waals surface area contributed by atoms with Crippen LogP contribution in [0.3, 0.4) is 0 Å². The number of benzene rings is 1. The Morgan fingerprint density at radius 3 is 2.52 bits per heavy atom. The number of nitro groups is 1. The van der Waals surface area contributed by atoms with Gasteiger partial charge in [-0.05, 0) is 19.1 Å². The summed E-state index contributed by atoms with van der Waals surface area (Å²) in [7, 11) is -0.584. The summed E-state index contributed by atoms with van der Waals surface area (Å²) in [6.07, 6.45) is 1.34. The highest BCUT2D eigenvalue weighted by Crippen LogP contribution is 2.29. The Bertz CT molecular complexity index is 1090. The van der Waals surface area contributed by atoms with Gasteiger partial charge < -0.3 is 10.1 Å². The van der Waals surface area contributed by atoms with Gasteiger partial charge in [0, 0.05) is 33.2 Å². The number of aryl methyl sites for hydroxylation is 1. The van der Waals surface area contributed by atoms with Crippen LogP contribution in [0.15, 0.2) is 29.3 Å². The highest BCUT2D eigenvalue weighted by Gasteiger charge is 2.31. The van der Waals surface area contributed by atoms with Crippen molar-refractivity contribution in [2.45, 2.75) is 11.8 Å². The van der Waals surface area contributed by atoms with Gasteiger partial charge in [0.15, 0.2) is 0 Å². The van der Waals surface area contributed by atoms with E-state index in [1.165, 1.54) is 40.5 Å². The molecule has 1 aliphatic rings. The van der Waals surface area contributed by atoms with Crippen molar-refractivity contribution < 1.29 is 22.9 Å². The van der Waals surface area contributed by atoms with Gasteiger partial charge in [-0.2, -0.15) is 9.40 Å². The Morgan fingerprint density at radius 2 is 1.97 bits per heavy atom. The number of anilines is 1. The van der Waals surface area contributed by atoms with Crippen LogP contribution in [0.2, 0.25) is 0 Å². The summed E-state index contributed by atoms with van der Waals surface area (Å²) in [5.41, 5.74) is 0.363. The Morgan fingerprint density at radius 1 is 1.29 bits per heavy atom. The maximum absolute atomic E-state index is 12.8. The molecule has 1 amide bonds. The van der Waals surface area contributed by atoms with Crippen LogP contribution < -0.4 is 10.1 Å². The highest BCUT2D eigenvalue weighted by atomic mass is 32.2. The van der Waals surface area contributed by atoms with Gasteiger partial charge in [-0.1, -0.05) is 0 Å². The van der Waals surface area contributed by atoms with Crippen LogP contribution >= 0.6 is 0 Å². The van der Waals surface area contributed by atoms with Gasteiger partial charge in [0.1, 0.15) is 16.3 Å². The van der Waals surface area contributed by atoms with E-state index in [9.17, 15) is 23.3 Å². The summed E-state index contributed by atoms with van der Waals surface area (Å²) in [5, 5.41) is 17.8. The predicted molar refractivity (Wildman–Crippen MR) is 111 cm³/mol. The second kappa shape index (κ2) is 8.99. The predicted octanol–water partition coefficient (Wildman–Crippen LogP) is 0.590. The van der Waals surface area contributed by atoms with Crippen LogP contribution in [0, 0.1) is 17.0 Å². The van der Waals surface area contributed by atoms with Gasteiger partial charge >= 0.3 is 0 Å². The largest absolute Gasteiger partial charge is 0.496 e. The number of methoxy groups -OCH3 is 1. The first-order chi connectivity index (χ1) is 14.6. The van der Waals surface area contributed by atoms with Crippen LogP contribution in [-0.4, -0.2) is 78.1 Å². The highest BCUT2D eigenvalue weighted by molar-refractivity contribution is 7.89. The van der Waals surface area contributed by atoms with Crippen molar-refractivity contribution in [1.29, 1.82) is 0 Å². The molecule has 0 radical (unpaired) electrons. The van der Waals surface area contributed by atoms with E-state index >= 15 is 0 Å². The number of carbonyl (C=O) groups excluding carboxylic acids is 1. The molecule has 0 spiro atoms. The molecular formula is C18H24N6O6S. The average Bonchev–Trinajstić information content (AvgIpc) is 3.07. The van der Waals surface area contributed by atoms with Gasteiger partial charge in [-0.15, -0.1) is 0 Å². The lowest BCUT2D eigenvalue weighted by atomic mass is 10.2. The Labute approximate surface area is 179 Å². The van der Waals surface area contributed by atoms with Crippen molar-refractivity contribution in [3.05, 3.63) is 40.2 Å². The van der Waals surface area contributed by atoms with E-state index in [1.54, 1.807) is 18.9 Å². The van der Waals surface area contributed by atoms with Crippen molar-refractivity contribution in [2.75, 3.05) is 45.2 Å². The lowest BCUT2D eigenvalue weighted by molar-refractivity contribution is -0.384. The summed E-state index contributed by atoms with van der Waals surface area (Å²) >= 11 is 0. The molecule has 1 fully saturated rings. The van der Waals surface area contributed by atoms with Gasteiger partial charge in [-0.3, -0.25) is 24.5 Å². The smallest absolute Gasteiger partial charge is 0.296 e. The summed E-state index contributed by atoms with van der Waals surface area (Å²) in [5.74, 6) is -0.112. The molecule has 12 nitrogen and oxygen atoms in total. The lowest BCUT2D eigenvalue weighted by Crippen LogP contribution is -2.50. The monoisotopic (exact) mass is 452 g/mol. The van der Waals surface area contributed by atoms with E-state index in [0.717, 1.165) is 0 Å². The molecule has 13 heteroatoms. The zero-order valence-electron chi connectivity index (χ0n) is 17.4. The number of nitrogens with one attached hydrogen (secondary N) is 1. The minimum atomic E-state index is -3.66. The number of carbonyl (C=O) groups is 1. The van der Waals surface area contributed by atoms with Gasteiger partial charge in [0.25, 0.3) is 5.69 Å². The Kier molecular flexibility index (Phi) is 6.57. The first-order valence-electron chi connectivity index (χ1n) is 9.47. The number of aromatic nitrogens is 2. The molecule has 0 aliphatic carbocycles. The number of piperazine rings is 1. The standard InChI is InChI=1S/C18H24N6O6S/c1-13-17(11-19-21(13)2)31(28,29)23-8-6-22(7-9-23)12-18(25)20-15-5-4-14(30-3)10-16(15)24(26)27/h4-5,10-11H,6-9,12H2,1-3H3,(H,20,25). The van der Waals surface area contributed by atoms with Crippen LogP contribution in [0.25, 0.3) is 0 Å². The molecule has 0 saturated carbocycles. The van der Waals surface area contributed by atoms with Crippen LogP contribution in [-0.2, 0) is 21.9 Å². The molecular weight excluding hydrogens is 428 g/mol. The van der Waals surface area contributed by atoms with Gasteiger partial charge in [-0.25, -0.2) is 8.42 Å². The van der Waals surface area contributed by atoms with Gasteiger partial charge in [0.2, 0.25) is 15.9 Å². The van der Waals surface area contributed by atoms with Crippen molar-refractivity contribution in [1.82, 2.24) is 19.0 Å². The van der Waals surface area contributed by atoms with E-state index in [-0.39, 0.29) is 35.9 Å². The summed E-state index contributed by atoms with van der Waals surface area (Å²) < 4.78 is 33.6. The summed E-state index contributed by atoms with van der Waals surface area (Å²) in [6, 6.07) is 4.17. The zero-order valence-corrected chi connectivity index (χ0v) is 18.3. The van der Waals surface area contributed by atoms with Crippen LogP contribution in [0.5, 0.6) is 5.75 Å². The molecule has 1 saturated heterocycles. The quantitative estimate of drug-likeness (QED) is 0.475. The Balaban J connectivity index is 1.60. The number of hydrogen-bond acceptors (Lipinski definition) is 8. The minimum absolute atomic E-state index is 0.0109. The maximum Gasteiger partial charge on any atom is 0.296 e. The van der Waals surface area contributed by atoms with E-state index in [0.29, 0.717) is 24.5 Å². The molecule has 0 unspecified atom stereocenters. The molecule has 1 aromatic carbocycles. The van der Waals surface area contributed by atoms with E-state index < -0.39 is 20.9 Å². The normalized spacial score (nSPS) is 15.6. The van der Waals surface area contributed by atoms with Crippen LogP contribution in [0.1, 0.15) is 5.69 Å². The molecule has 1 N–H and O–H groups in total. The maximum atomic E-state index is 12.8.